The molecule has 0 unspecified atom stereocenters. The zero-order valence-corrected chi connectivity index (χ0v) is 14.6. The number of hydrogen-bond donors (Lipinski definition) is 0. The molecular weight excluding hydrogens is 344 g/mol. The fourth-order valence-corrected chi connectivity index (χ4v) is 3.29. The summed E-state index contributed by atoms with van der Waals surface area (Å²) < 4.78 is 14.8. The highest BCUT2D eigenvalue weighted by molar-refractivity contribution is 5.59. The molecule has 1 aliphatic heterocycles. The lowest BCUT2D eigenvalue weighted by Crippen LogP contribution is -2.04. The van der Waals surface area contributed by atoms with Crippen LogP contribution >= 0.6 is 0 Å². The van der Waals surface area contributed by atoms with E-state index < -0.39 is 0 Å². The van der Waals surface area contributed by atoms with Crippen LogP contribution in [0.5, 0.6) is 0 Å². The highest BCUT2D eigenvalue weighted by Crippen LogP contribution is 2.27. The Morgan fingerprint density at radius 3 is 3.00 bits per heavy atom. The van der Waals surface area contributed by atoms with Crippen LogP contribution in [0.15, 0.2) is 59.6 Å². The van der Waals surface area contributed by atoms with Gasteiger partial charge in [-0.2, -0.15) is 10.1 Å². The third-order valence-corrected chi connectivity index (χ3v) is 4.59. The van der Waals surface area contributed by atoms with Crippen molar-refractivity contribution in [3.8, 4) is 17.1 Å². The smallest absolute Gasteiger partial charge is 0.255 e. The molecule has 8 heteroatoms. The normalized spacial score (nSPS) is 16.8. The average molecular weight is 362 g/mol. The van der Waals surface area contributed by atoms with Crippen molar-refractivity contribution < 1.29 is 9.26 Å². The SMILES string of the molecule is c1cc(-c2nccn2Cc2noc([C@@H]3CCCO3)n2)cc(-n2cccn2)c1. The second-order valence-corrected chi connectivity index (χ2v) is 6.43. The number of benzene rings is 1. The zero-order chi connectivity index (χ0) is 18.1. The van der Waals surface area contributed by atoms with Gasteiger partial charge >= 0.3 is 0 Å². The number of aromatic nitrogens is 6. The first-order chi connectivity index (χ1) is 13.4. The van der Waals surface area contributed by atoms with Crippen LogP contribution in [0, 0.1) is 0 Å². The Hall–Kier alpha value is -3.26. The minimum atomic E-state index is -0.0701. The molecule has 27 heavy (non-hydrogen) atoms. The van der Waals surface area contributed by atoms with Crippen molar-refractivity contribution in [3.05, 3.63) is 66.8 Å². The van der Waals surface area contributed by atoms with Gasteiger partial charge in [0.25, 0.3) is 5.89 Å². The third kappa shape index (κ3) is 3.15. The highest BCUT2D eigenvalue weighted by atomic mass is 16.5. The molecule has 4 heterocycles. The van der Waals surface area contributed by atoms with Gasteiger partial charge in [0.2, 0.25) is 0 Å². The molecule has 4 aromatic rings. The minimum absolute atomic E-state index is 0.0701. The van der Waals surface area contributed by atoms with Gasteiger partial charge in [-0.1, -0.05) is 17.3 Å². The van der Waals surface area contributed by atoms with Crippen molar-refractivity contribution in [2.45, 2.75) is 25.5 Å². The van der Waals surface area contributed by atoms with Gasteiger partial charge < -0.3 is 13.8 Å². The summed E-state index contributed by atoms with van der Waals surface area (Å²) >= 11 is 0. The van der Waals surface area contributed by atoms with Gasteiger partial charge in [0.1, 0.15) is 11.9 Å². The molecule has 8 nitrogen and oxygen atoms in total. The summed E-state index contributed by atoms with van der Waals surface area (Å²) in [6.07, 6.45) is 9.25. The fourth-order valence-electron chi connectivity index (χ4n) is 3.29. The van der Waals surface area contributed by atoms with Crippen LogP contribution in [0.25, 0.3) is 17.1 Å². The van der Waals surface area contributed by atoms with E-state index in [1.165, 1.54) is 0 Å². The van der Waals surface area contributed by atoms with E-state index in [4.69, 9.17) is 9.26 Å². The van der Waals surface area contributed by atoms with Crippen molar-refractivity contribution >= 4 is 0 Å². The molecule has 3 aromatic heterocycles. The first-order valence-electron chi connectivity index (χ1n) is 8.92. The molecule has 0 aliphatic carbocycles. The first kappa shape index (κ1) is 16.0. The van der Waals surface area contributed by atoms with Crippen molar-refractivity contribution in [2.75, 3.05) is 6.61 Å². The summed E-state index contributed by atoms with van der Waals surface area (Å²) in [7, 11) is 0. The number of nitrogens with zero attached hydrogens (tertiary/aromatic N) is 6. The van der Waals surface area contributed by atoms with Crippen LogP contribution in [0.3, 0.4) is 0 Å². The van der Waals surface area contributed by atoms with Gasteiger partial charge in [-0.25, -0.2) is 9.67 Å². The largest absolute Gasteiger partial charge is 0.368 e. The van der Waals surface area contributed by atoms with E-state index in [1.807, 2.05) is 45.9 Å². The van der Waals surface area contributed by atoms with Crippen LogP contribution < -0.4 is 0 Å². The monoisotopic (exact) mass is 362 g/mol. The standard InChI is InChI=1S/C19H18N6O2/c1-4-14(12-15(5-1)25-9-3-7-21-25)18-20-8-10-24(18)13-17-22-19(27-23-17)16-6-2-11-26-16/h1,3-5,7-10,12,16H,2,6,11,13H2/t16-/m0/s1. The van der Waals surface area contributed by atoms with E-state index >= 15 is 0 Å². The predicted molar refractivity (Wildman–Crippen MR) is 96.1 cm³/mol. The number of imidazole rings is 1. The second kappa shape index (κ2) is 6.81. The summed E-state index contributed by atoms with van der Waals surface area (Å²) in [6.45, 7) is 1.23. The van der Waals surface area contributed by atoms with Crippen molar-refractivity contribution in [3.63, 3.8) is 0 Å². The molecule has 136 valence electrons. The lowest BCUT2D eigenvalue weighted by molar-refractivity contribution is 0.0835. The molecule has 1 saturated heterocycles. The first-order valence-corrected chi connectivity index (χ1v) is 8.92. The summed E-state index contributed by atoms with van der Waals surface area (Å²) in [5.41, 5.74) is 1.98. The maximum Gasteiger partial charge on any atom is 0.255 e. The minimum Gasteiger partial charge on any atom is -0.368 e. The van der Waals surface area contributed by atoms with Gasteiger partial charge in [-0.05, 0) is 31.0 Å². The lowest BCUT2D eigenvalue weighted by atomic mass is 10.2. The second-order valence-electron chi connectivity index (χ2n) is 6.43. The van der Waals surface area contributed by atoms with Crippen molar-refractivity contribution in [2.24, 2.45) is 0 Å². The summed E-state index contributed by atoms with van der Waals surface area (Å²) in [4.78, 5) is 9.01. The Kier molecular flexibility index (Phi) is 4.02. The molecule has 1 atom stereocenters. The maximum atomic E-state index is 5.61. The molecule has 1 aromatic carbocycles. The molecular formula is C19H18N6O2. The van der Waals surface area contributed by atoms with Gasteiger partial charge in [-0.3, -0.25) is 0 Å². The Balaban J connectivity index is 1.41. The molecule has 0 radical (unpaired) electrons. The molecule has 1 fully saturated rings. The van der Waals surface area contributed by atoms with Crippen molar-refractivity contribution in [1.82, 2.24) is 29.5 Å². The Labute approximate surface area is 155 Å². The van der Waals surface area contributed by atoms with Crippen LogP contribution in [-0.2, 0) is 11.3 Å². The third-order valence-electron chi connectivity index (χ3n) is 4.59. The van der Waals surface area contributed by atoms with Gasteiger partial charge in [0.15, 0.2) is 5.82 Å². The molecule has 0 saturated carbocycles. The van der Waals surface area contributed by atoms with E-state index in [1.54, 1.807) is 12.4 Å². The topological polar surface area (TPSA) is 83.8 Å². The Bertz CT molecular complexity index is 1030. The van der Waals surface area contributed by atoms with E-state index in [2.05, 4.69) is 26.3 Å². The zero-order valence-electron chi connectivity index (χ0n) is 14.6. The lowest BCUT2D eigenvalue weighted by Gasteiger charge is -2.08. The quantitative estimate of drug-likeness (QED) is 0.543. The van der Waals surface area contributed by atoms with Crippen molar-refractivity contribution in [1.29, 1.82) is 0 Å². The molecule has 0 spiro atoms. The number of rotatable bonds is 5. The van der Waals surface area contributed by atoms with Crippen LogP contribution in [0.4, 0.5) is 0 Å². The maximum absolute atomic E-state index is 5.61. The van der Waals surface area contributed by atoms with E-state index in [0.29, 0.717) is 18.3 Å². The fraction of sp³-hybridized carbons (Fsp3) is 0.263. The summed E-state index contributed by atoms with van der Waals surface area (Å²) in [5, 5.41) is 8.38. The average Bonchev–Trinajstić information content (AvgIpc) is 3.49. The van der Waals surface area contributed by atoms with Crippen LogP contribution in [0.2, 0.25) is 0 Å². The van der Waals surface area contributed by atoms with Gasteiger partial charge in [0, 0.05) is 37.0 Å². The Morgan fingerprint density at radius 1 is 1.15 bits per heavy atom. The molecule has 5 rings (SSSR count). The molecule has 0 amide bonds. The van der Waals surface area contributed by atoms with E-state index in [0.717, 1.165) is 36.5 Å². The van der Waals surface area contributed by atoms with Crippen LogP contribution in [-0.4, -0.2) is 36.1 Å². The predicted octanol–water partition coefficient (Wildman–Crippen LogP) is 3.02. The highest BCUT2D eigenvalue weighted by Gasteiger charge is 2.24. The number of hydrogen-bond acceptors (Lipinski definition) is 6. The molecule has 1 aliphatic rings. The van der Waals surface area contributed by atoms with E-state index in [9.17, 15) is 0 Å². The Morgan fingerprint density at radius 2 is 2.15 bits per heavy atom. The van der Waals surface area contributed by atoms with Crippen LogP contribution in [0.1, 0.15) is 30.7 Å². The van der Waals surface area contributed by atoms with Gasteiger partial charge in [-0.15, -0.1) is 0 Å². The number of ether oxygens (including phenoxy) is 1. The molecule has 0 bridgehead atoms. The molecule has 0 N–H and O–H groups in total. The van der Waals surface area contributed by atoms with Gasteiger partial charge in [0.05, 0.1) is 12.2 Å². The summed E-state index contributed by atoms with van der Waals surface area (Å²) in [5.74, 6) is 2.01. The summed E-state index contributed by atoms with van der Waals surface area (Å²) in [6, 6.07) is 9.99. The van der Waals surface area contributed by atoms with E-state index in [-0.39, 0.29) is 6.10 Å².